The van der Waals surface area contributed by atoms with E-state index in [1.54, 1.807) is 24.3 Å². The van der Waals surface area contributed by atoms with Gasteiger partial charge in [-0.2, -0.15) is 10.1 Å². The van der Waals surface area contributed by atoms with Crippen LogP contribution in [0.5, 0.6) is 0 Å². The number of anilines is 1. The number of amides is 1. The minimum Gasteiger partial charge on any atom is -0.307 e. The van der Waals surface area contributed by atoms with Crippen LogP contribution in [0.2, 0.25) is 0 Å². The summed E-state index contributed by atoms with van der Waals surface area (Å²) in [7, 11) is 0. The fourth-order valence-corrected chi connectivity index (χ4v) is 3.06. The molecule has 0 unspecified atom stereocenters. The van der Waals surface area contributed by atoms with Crippen LogP contribution in [-0.4, -0.2) is 30.6 Å². The normalized spacial score (nSPS) is 12.0. The Morgan fingerprint density at radius 1 is 1.07 bits per heavy atom. The second-order valence-electron chi connectivity index (χ2n) is 6.18. The number of rotatable bonds is 5. The van der Waals surface area contributed by atoms with Crippen LogP contribution in [-0.2, 0) is 11.2 Å². The third-order valence-corrected chi connectivity index (χ3v) is 4.38. The molecule has 0 saturated heterocycles. The largest absolute Gasteiger partial charge is 0.329 e. The average molecular weight is 376 g/mol. The SMILES string of the molecule is O=C(Nc1ncn[nH]1)[C@H](Cc1ccccc1)n1c(=O)[nH]c2ccccc2c1=O. The molecule has 0 spiro atoms. The topological polar surface area (TPSA) is 126 Å². The van der Waals surface area contributed by atoms with Crippen molar-refractivity contribution in [3.8, 4) is 0 Å². The molecule has 2 heterocycles. The van der Waals surface area contributed by atoms with Gasteiger partial charge in [0, 0.05) is 6.42 Å². The third kappa shape index (κ3) is 3.32. The van der Waals surface area contributed by atoms with Crippen LogP contribution in [0.25, 0.3) is 10.9 Å². The van der Waals surface area contributed by atoms with E-state index in [1.807, 2.05) is 30.3 Å². The third-order valence-electron chi connectivity index (χ3n) is 4.38. The van der Waals surface area contributed by atoms with E-state index in [2.05, 4.69) is 25.5 Å². The molecule has 0 fully saturated rings. The monoisotopic (exact) mass is 376 g/mol. The molecule has 28 heavy (non-hydrogen) atoms. The summed E-state index contributed by atoms with van der Waals surface area (Å²) in [4.78, 5) is 45.2. The first-order valence-electron chi connectivity index (χ1n) is 8.57. The van der Waals surface area contributed by atoms with Gasteiger partial charge in [-0.1, -0.05) is 42.5 Å². The minimum absolute atomic E-state index is 0.133. The van der Waals surface area contributed by atoms with Crippen LogP contribution in [0.15, 0.2) is 70.5 Å². The summed E-state index contributed by atoms with van der Waals surface area (Å²) in [6.07, 6.45) is 1.40. The molecule has 4 rings (SSSR count). The second kappa shape index (κ2) is 7.31. The Balaban J connectivity index is 1.83. The van der Waals surface area contributed by atoms with Crippen molar-refractivity contribution in [3.05, 3.63) is 87.3 Å². The maximum absolute atomic E-state index is 13.0. The van der Waals surface area contributed by atoms with Crippen molar-refractivity contribution in [2.24, 2.45) is 0 Å². The maximum atomic E-state index is 13.0. The summed E-state index contributed by atoms with van der Waals surface area (Å²) >= 11 is 0. The number of nitrogens with one attached hydrogen (secondary N) is 3. The van der Waals surface area contributed by atoms with E-state index in [-0.39, 0.29) is 12.4 Å². The lowest BCUT2D eigenvalue weighted by molar-refractivity contribution is -0.119. The maximum Gasteiger partial charge on any atom is 0.329 e. The van der Waals surface area contributed by atoms with Crippen molar-refractivity contribution in [1.82, 2.24) is 24.7 Å². The van der Waals surface area contributed by atoms with Crippen molar-refractivity contribution >= 4 is 22.8 Å². The van der Waals surface area contributed by atoms with Crippen LogP contribution in [0.1, 0.15) is 11.6 Å². The van der Waals surface area contributed by atoms with Crippen LogP contribution in [0.4, 0.5) is 5.95 Å². The molecule has 140 valence electrons. The van der Waals surface area contributed by atoms with Gasteiger partial charge in [-0.15, -0.1) is 0 Å². The molecule has 0 bridgehead atoms. The van der Waals surface area contributed by atoms with Gasteiger partial charge in [0.15, 0.2) is 0 Å². The van der Waals surface area contributed by atoms with Crippen molar-refractivity contribution in [3.63, 3.8) is 0 Å². The molecular formula is C19H16N6O3. The number of H-pyrrole nitrogens is 2. The van der Waals surface area contributed by atoms with E-state index in [0.29, 0.717) is 10.9 Å². The molecule has 9 heteroatoms. The number of nitrogens with zero attached hydrogens (tertiary/aromatic N) is 3. The highest BCUT2D eigenvalue weighted by Gasteiger charge is 2.26. The second-order valence-corrected chi connectivity index (χ2v) is 6.18. The van der Waals surface area contributed by atoms with Crippen molar-refractivity contribution in [2.75, 3.05) is 5.32 Å². The molecule has 1 amide bonds. The fraction of sp³-hybridized carbons (Fsp3) is 0.105. The number of carbonyl (C=O) groups excluding carboxylic acids is 1. The molecule has 0 aliphatic carbocycles. The Hall–Kier alpha value is -4.01. The fourth-order valence-electron chi connectivity index (χ4n) is 3.06. The van der Waals surface area contributed by atoms with Gasteiger partial charge in [0.05, 0.1) is 10.9 Å². The highest BCUT2D eigenvalue weighted by molar-refractivity contribution is 5.92. The molecule has 1 atom stereocenters. The minimum atomic E-state index is -1.08. The van der Waals surface area contributed by atoms with Gasteiger partial charge in [0.2, 0.25) is 11.9 Å². The Labute approximate surface area is 158 Å². The van der Waals surface area contributed by atoms with Gasteiger partial charge in [-0.3, -0.25) is 14.9 Å². The Kier molecular flexibility index (Phi) is 4.55. The summed E-state index contributed by atoms with van der Waals surface area (Å²) in [6.45, 7) is 0. The summed E-state index contributed by atoms with van der Waals surface area (Å²) in [5.74, 6) is -0.420. The van der Waals surface area contributed by atoms with E-state index >= 15 is 0 Å². The predicted molar refractivity (Wildman–Crippen MR) is 103 cm³/mol. The molecule has 0 aliphatic rings. The lowest BCUT2D eigenvalue weighted by Gasteiger charge is -2.18. The summed E-state index contributed by atoms with van der Waals surface area (Å²) in [5, 5.41) is 9.10. The van der Waals surface area contributed by atoms with E-state index in [9.17, 15) is 14.4 Å². The molecule has 0 aliphatic heterocycles. The zero-order chi connectivity index (χ0) is 19.5. The van der Waals surface area contributed by atoms with Crippen LogP contribution in [0.3, 0.4) is 0 Å². The number of para-hydroxylation sites is 1. The van der Waals surface area contributed by atoms with Crippen molar-refractivity contribution < 1.29 is 4.79 Å². The van der Waals surface area contributed by atoms with Crippen LogP contribution >= 0.6 is 0 Å². The Bertz CT molecular complexity index is 1230. The number of aromatic nitrogens is 5. The number of benzene rings is 2. The van der Waals surface area contributed by atoms with Crippen LogP contribution < -0.4 is 16.6 Å². The van der Waals surface area contributed by atoms with Gasteiger partial charge >= 0.3 is 5.69 Å². The summed E-state index contributed by atoms with van der Waals surface area (Å²) < 4.78 is 0.945. The Morgan fingerprint density at radius 2 is 1.82 bits per heavy atom. The van der Waals surface area contributed by atoms with E-state index < -0.39 is 23.2 Å². The molecule has 2 aromatic heterocycles. The van der Waals surface area contributed by atoms with Gasteiger partial charge < -0.3 is 4.98 Å². The number of aromatic amines is 2. The van der Waals surface area contributed by atoms with Gasteiger partial charge in [-0.25, -0.2) is 14.5 Å². The first-order chi connectivity index (χ1) is 13.6. The molecular weight excluding hydrogens is 360 g/mol. The highest BCUT2D eigenvalue weighted by atomic mass is 16.2. The Morgan fingerprint density at radius 3 is 2.57 bits per heavy atom. The molecule has 4 aromatic rings. The van der Waals surface area contributed by atoms with Crippen molar-refractivity contribution in [1.29, 1.82) is 0 Å². The molecule has 2 aromatic carbocycles. The molecule has 0 saturated carbocycles. The van der Waals surface area contributed by atoms with E-state index in [0.717, 1.165) is 10.1 Å². The van der Waals surface area contributed by atoms with E-state index in [1.165, 1.54) is 6.33 Å². The first kappa shape index (κ1) is 17.4. The number of fused-ring (bicyclic) bond motifs is 1. The first-order valence-corrected chi connectivity index (χ1v) is 8.57. The number of hydrogen-bond donors (Lipinski definition) is 3. The molecule has 3 N–H and O–H groups in total. The smallest absolute Gasteiger partial charge is 0.307 e. The zero-order valence-electron chi connectivity index (χ0n) is 14.6. The average Bonchev–Trinajstić information content (AvgIpc) is 3.21. The zero-order valence-corrected chi connectivity index (χ0v) is 14.6. The summed E-state index contributed by atoms with van der Waals surface area (Å²) in [6, 6.07) is 14.8. The lowest BCUT2D eigenvalue weighted by Crippen LogP contribution is -2.43. The number of hydrogen-bond acceptors (Lipinski definition) is 5. The van der Waals surface area contributed by atoms with Crippen LogP contribution in [0, 0.1) is 0 Å². The standard InChI is InChI=1S/C19H16N6O3/c26-16(23-18-20-11-21-24-18)15(10-12-6-2-1-3-7-12)25-17(27)13-8-4-5-9-14(13)22-19(25)28/h1-9,11,15H,10H2,(H,22,28)(H2,20,21,23,24,26)/t15-/m0/s1. The van der Waals surface area contributed by atoms with Gasteiger partial charge in [0.1, 0.15) is 12.4 Å². The van der Waals surface area contributed by atoms with Gasteiger partial charge in [-0.05, 0) is 17.7 Å². The number of carbonyl (C=O) groups is 1. The lowest BCUT2D eigenvalue weighted by atomic mass is 10.0. The quantitative estimate of drug-likeness (QED) is 0.483. The van der Waals surface area contributed by atoms with E-state index in [4.69, 9.17) is 0 Å². The highest BCUT2D eigenvalue weighted by Crippen LogP contribution is 2.15. The predicted octanol–water partition coefficient (Wildman–Crippen LogP) is 1.23. The molecule has 0 radical (unpaired) electrons. The summed E-state index contributed by atoms with van der Waals surface area (Å²) in [5.41, 5.74) is 0.0351. The van der Waals surface area contributed by atoms with Crippen molar-refractivity contribution in [2.45, 2.75) is 12.5 Å². The van der Waals surface area contributed by atoms with Gasteiger partial charge in [0.25, 0.3) is 5.56 Å². The molecule has 9 nitrogen and oxygen atoms in total.